The number of amides is 1. The van der Waals surface area contributed by atoms with Crippen LogP contribution >= 0.6 is 0 Å². The molecule has 1 heterocycles. The van der Waals surface area contributed by atoms with Crippen molar-refractivity contribution >= 4 is 21.6 Å². The summed E-state index contributed by atoms with van der Waals surface area (Å²) in [5.74, 6) is -0.181. The molecule has 1 aliphatic rings. The van der Waals surface area contributed by atoms with Gasteiger partial charge in [-0.25, -0.2) is 12.7 Å². The lowest BCUT2D eigenvalue weighted by Crippen LogP contribution is -2.43. The summed E-state index contributed by atoms with van der Waals surface area (Å²) in [6, 6.07) is 5.93. The Morgan fingerprint density at radius 2 is 2.08 bits per heavy atom. The highest BCUT2D eigenvalue weighted by atomic mass is 32.2. The van der Waals surface area contributed by atoms with E-state index in [9.17, 15) is 13.2 Å². The van der Waals surface area contributed by atoms with E-state index in [0.717, 1.165) is 23.8 Å². The first-order valence-electron chi connectivity index (χ1n) is 8.37. The van der Waals surface area contributed by atoms with E-state index >= 15 is 0 Å². The number of ether oxygens (including phenoxy) is 1. The monoisotopic (exact) mass is 369 g/mol. The van der Waals surface area contributed by atoms with Crippen LogP contribution in [-0.4, -0.2) is 70.0 Å². The molecule has 0 aromatic heterocycles. The molecule has 1 amide bonds. The van der Waals surface area contributed by atoms with E-state index in [-0.39, 0.29) is 22.9 Å². The molecular weight excluding hydrogens is 342 g/mol. The lowest BCUT2D eigenvalue weighted by atomic mass is 10.2. The molecular formula is C17H27N3O4S. The van der Waals surface area contributed by atoms with Crippen molar-refractivity contribution in [1.82, 2.24) is 9.21 Å². The van der Waals surface area contributed by atoms with Gasteiger partial charge in [-0.05, 0) is 45.0 Å². The number of anilines is 1. The fourth-order valence-electron chi connectivity index (χ4n) is 2.66. The van der Waals surface area contributed by atoms with Gasteiger partial charge in [0.15, 0.2) is 0 Å². The summed E-state index contributed by atoms with van der Waals surface area (Å²) in [6.07, 6.45) is 2.25. The summed E-state index contributed by atoms with van der Waals surface area (Å²) in [4.78, 5) is 14.6. The smallest absolute Gasteiger partial charge is 0.242 e. The van der Waals surface area contributed by atoms with Gasteiger partial charge in [-0.1, -0.05) is 6.07 Å². The molecule has 0 saturated carbocycles. The van der Waals surface area contributed by atoms with Gasteiger partial charge < -0.3 is 10.1 Å². The third-order valence-corrected chi connectivity index (χ3v) is 6.25. The molecule has 0 aliphatic carbocycles. The molecule has 0 radical (unpaired) electrons. The average Bonchev–Trinajstić information content (AvgIpc) is 3.07. The number of nitrogens with zero attached hydrogens (tertiary/aromatic N) is 2. The highest BCUT2D eigenvalue weighted by molar-refractivity contribution is 7.89. The Morgan fingerprint density at radius 1 is 1.36 bits per heavy atom. The number of benzene rings is 1. The van der Waals surface area contributed by atoms with E-state index in [0.29, 0.717) is 12.2 Å². The topological polar surface area (TPSA) is 79.0 Å². The van der Waals surface area contributed by atoms with Crippen molar-refractivity contribution in [1.29, 1.82) is 0 Å². The Hall–Kier alpha value is -1.48. The highest BCUT2D eigenvalue weighted by Gasteiger charge is 2.24. The van der Waals surface area contributed by atoms with E-state index in [2.05, 4.69) is 5.32 Å². The van der Waals surface area contributed by atoms with E-state index in [1.165, 1.54) is 26.2 Å². The van der Waals surface area contributed by atoms with Crippen molar-refractivity contribution in [3.05, 3.63) is 24.3 Å². The predicted molar refractivity (Wildman–Crippen MR) is 97.0 cm³/mol. The molecule has 0 bridgehead atoms. The lowest BCUT2D eigenvalue weighted by molar-refractivity contribution is -0.120. The van der Waals surface area contributed by atoms with Gasteiger partial charge in [0.25, 0.3) is 0 Å². The average molecular weight is 369 g/mol. The molecule has 1 N–H and O–H groups in total. The van der Waals surface area contributed by atoms with Gasteiger partial charge in [0, 0.05) is 32.9 Å². The molecule has 1 fully saturated rings. The third kappa shape index (κ3) is 5.01. The van der Waals surface area contributed by atoms with Crippen LogP contribution in [0.3, 0.4) is 0 Å². The molecule has 140 valence electrons. The van der Waals surface area contributed by atoms with Crippen LogP contribution in [0.25, 0.3) is 0 Å². The zero-order valence-corrected chi connectivity index (χ0v) is 16.0. The molecule has 2 rings (SSSR count). The molecule has 2 atom stereocenters. The molecule has 1 aliphatic heterocycles. The van der Waals surface area contributed by atoms with Crippen molar-refractivity contribution in [2.75, 3.05) is 39.6 Å². The Morgan fingerprint density at radius 3 is 2.68 bits per heavy atom. The maximum Gasteiger partial charge on any atom is 0.242 e. The molecule has 7 nitrogen and oxygen atoms in total. The maximum absolute atomic E-state index is 12.5. The highest BCUT2D eigenvalue weighted by Crippen LogP contribution is 2.19. The molecule has 25 heavy (non-hydrogen) atoms. The number of rotatable bonds is 7. The van der Waals surface area contributed by atoms with Crippen molar-refractivity contribution in [2.24, 2.45) is 0 Å². The number of hydrogen-bond acceptors (Lipinski definition) is 5. The molecule has 8 heteroatoms. The Bertz CT molecular complexity index is 700. The molecule has 0 spiro atoms. The summed E-state index contributed by atoms with van der Waals surface area (Å²) in [7, 11) is 1.31. The second-order valence-electron chi connectivity index (χ2n) is 6.56. The van der Waals surface area contributed by atoms with Gasteiger partial charge in [-0.2, -0.15) is 0 Å². The van der Waals surface area contributed by atoms with Crippen LogP contribution in [0.2, 0.25) is 0 Å². The summed E-state index contributed by atoms with van der Waals surface area (Å²) < 4.78 is 31.1. The van der Waals surface area contributed by atoms with E-state index < -0.39 is 10.0 Å². The summed E-state index contributed by atoms with van der Waals surface area (Å²) >= 11 is 0. The zero-order chi connectivity index (χ0) is 18.6. The summed E-state index contributed by atoms with van der Waals surface area (Å²) in [5, 5.41) is 2.79. The maximum atomic E-state index is 12.5. The first kappa shape index (κ1) is 19.8. The number of hydrogen-bond donors (Lipinski definition) is 1. The lowest BCUT2D eigenvalue weighted by Gasteiger charge is -2.26. The number of carbonyl (C=O) groups is 1. The van der Waals surface area contributed by atoms with Crippen molar-refractivity contribution in [2.45, 2.75) is 36.8 Å². The van der Waals surface area contributed by atoms with Gasteiger partial charge in [-0.15, -0.1) is 0 Å². The van der Waals surface area contributed by atoms with Crippen molar-refractivity contribution in [3.8, 4) is 0 Å². The second kappa shape index (κ2) is 8.27. The van der Waals surface area contributed by atoms with Crippen LogP contribution in [0.5, 0.6) is 0 Å². The first-order valence-corrected chi connectivity index (χ1v) is 9.81. The standard InChI is InChI=1S/C17H27N3O4S/c1-13(20(4)12-15-8-6-10-24-15)17(21)18-14-7-5-9-16(11-14)25(22,23)19(2)3/h5,7,9,11,13,15H,6,8,10,12H2,1-4H3,(H,18,21)/t13-,15-/m0/s1. The van der Waals surface area contributed by atoms with E-state index in [1.54, 1.807) is 12.1 Å². The van der Waals surface area contributed by atoms with Crippen LogP contribution in [0, 0.1) is 0 Å². The van der Waals surface area contributed by atoms with Crippen LogP contribution in [0.4, 0.5) is 5.69 Å². The number of carbonyl (C=O) groups excluding carboxylic acids is 1. The van der Waals surface area contributed by atoms with Crippen LogP contribution < -0.4 is 5.32 Å². The van der Waals surface area contributed by atoms with Gasteiger partial charge in [0.2, 0.25) is 15.9 Å². The van der Waals surface area contributed by atoms with Crippen LogP contribution in [0.15, 0.2) is 29.2 Å². The second-order valence-corrected chi connectivity index (χ2v) is 8.71. The minimum absolute atomic E-state index is 0.149. The normalized spacial score (nSPS) is 19.4. The largest absolute Gasteiger partial charge is 0.377 e. The predicted octanol–water partition coefficient (Wildman–Crippen LogP) is 1.37. The number of sulfonamides is 1. The third-order valence-electron chi connectivity index (χ3n) is 4.44. The van der Waals surface area contributed by atoms with Crippen LogP contribution in [-0.2, 0) is 19.6 Å². The van der Waals surface area contributed by atoms with E-state index in [4.69, 9.17) is 4.74 Å². The van der Waals surface area contributed by atoms with Gasteiger partial charge >= 0.3 is 0 Å². The fraction of sp³-hybridized carbons (Fsp3) is 0.588. The van der Waals surface area contributed by atoms with Gasteiger partial charge in [0.1, 0.15) is 0 Å². The molecule has 0 unspecified atom stereocenters. The Labute approximate surface area is 150 Å². The molecule has 1 aromatic rings. The summed E-state index contributed by atoms with van der Waals surface area (Å²) in [6.45, 7) is 3.31. The van der Waals surface area contributed by atoms with Crippen molar-refractivity contribution < 1.29 is 17.9 Å². The minimum Gasteiger partial charge on any atom is -0.377 e. The van der Waals surface area contributed by atoms with Crippen molar-refractivity contribution in [3.63, 3.8) is 0 Å². The number of nitrogens with one attached hydrogen (secondary N) is 1. The SMILES string of the molecule is C[C@@H](C(=O)Nc1cccc(S(=O)(=O)N(C)C)c1)N(C)C[C@@H]1CCCO1. The molecule has 1 aromatic carbocycles. The first-order chi connectivity index (χ1) is 11.7. The van der Waals surface area contributed by atoms with Gasteiger partial charge in [0.05, 0.1) is 17.0 Å². The van der Waals surface area contributed by atoms with Crippen LogP contribution in [0.1, 0.15) is 19.8 Å². The minimum atomic E-state index is -3.53. The summed E-state index contributed by atoms with van der Waals surface area (Å²) in [5.41, 5.74) is 0.463. The van der Waals surface area contributed by atoms with Gasteiger partial charge in [-0.3, -0.25) is 9.69 Å². The fourth-order valence-corrected chi connectivity index (χ4v) is 3.61. The van der Waals surface area contributed by atoms with E-state index in [1.807, 2.05) is 18.9 Å². The zero-order valence-electron chi connectivity index (χ0n) is 15.2. The number of likely N-dealkylation sites (N-methyl/N-ethyl adjacent to an activating group) is 1. The Kier molecular flexibility index (Phi) is 6.56. The Balaban J connectivity index is 2.02. The quantitative estimate of drug-likeness (QED) is 0.785. The molecule has 1 saturated heterocycles.